The Kier molecular flexibility index (Phi) is 49.1. The van der Waals surface area contributed by atoms with E-state index < -0.39 is 12.1 Å². The molecule has 0 heterocycles. The minimum absolute atomic E-state index is 0.0486. The van der Waals surface area contributed by atoms with E-state index in [1.807, 2.05) is 6.08 Å². The predicted octanol–water partition coefficient (Wildman–Crippen LogP) is 16.1. The lowest BCUT2D eigenvalue weighted by atomic mass is 10.0. The molecule has 0 rings (SSSR count). The monoisotopic (exact) mass is 858 g/mol. The molecule has 0 aliphatic heterocycles. The minimum atomic E-state index is -0.867. The number of aliphatic hydroxyl groups is 2. The van der Waals surface area contributed by atoms with Gasteiger partial charge in [0.2, 0.25) is 5.91 Å². The third kappa shape index (κ3) is 47.4. The molecule has 6 nitrogen and oxygen atoms in total. The third-order valence-electron chi connectivity index (χ3n) is 12.1. The summed E-state index contributed by atoms with van der Waals surface area (Å²) in [6, 6.07) is -0.654. The Balaban J connectivity index is 3.57. The van der Waals surface area contributed by atoms with Gasteiger partial charge in [-0.25, -0.2) is 0 Å². The van der Waals surface area contributed by atoms with Gasteiger partial charge < -0.3 is 20.3 Å². The quantitative estimate of drug-likeness (QED) is 0.0322. The lowest BCUT2D eigenvalue weighted by Crippen LogP contribution is -2.45. The molecule has 0 radical (unpaired) electrons. The molecule has 6 heteroatoms. The maximum Gasteiger partial charge on any atom is 0.305 e. The molecule has 2 unspecified atom stereocenters. The molecule has 0 aromatic carbocycles. The summed E-state index contributed by atoms with van der Waals surface area (Å²) in [4.78, 5) is 24.4. The van der Waals surface area contributed by atoms with Gasteiger partial charge in [-0.15, -0.1) is 0 Å². The lowest BCUT2D eigenvalue weighted by Gasteiger charge is -2.20. The molecule has 0 fully saturated rings. The van der Waals surface area contributed by atoms with Gasteiger partial charge in [-0.1, -0.05) is 217 Å². The molecule has 2 atom stereocenters. The number of ether oxygens (including phenoxy) is 1. The van der Waals surface area contributed by atoms with Crippen molar-refractivity contribution in [2.24, 2.45) is 0 Å². The van der Waals surface area contributed by atoms with Crippen molar-refractivity contribution in [3.05, 3.63) is 36.5 Å². The second kappa shape index (κ2) is 50.7. The van der Waals surface area contributed by atoms with Gasteiger partial charge >= 0.3 is 5.97 Å². The highest BCUT2D eigenvalue weighted by Crippen LogP contribution is 2.16. The summed E-state index contributed by atoms with van der Waals surface area (Å²) in [6.07, 6.45) is 61.6. The van der Waals surface area contributed by atoms with Crippen LogP contribution in [0.2, 0.25) is 0 Å². The molecular formula is C55H103NO5. The second-order valence-corrected chi connectivity index (χ2v) is 18.2. The van der Waals surface area contributed by atoms with Crippen molar-refractivity contribution in [3.8, 4) is 0 Å². The average molecular weight is 858 g/mol. The largest absolute Gasteiger partial charge is 0.466 e. The van der Waals surface area contributed by atoms with Crippen molar-refractivity contribution in [2.45, 2.75) is 289 Å². The number of amides is 1. The number of nitrogens with one attached hydrogen (secondary N) is 1. The van der Waals surface area contributed by atoms with Gasteiger partial charge in [0.25, 0.3) is 0 Å². The van der Waals surface area contributed by atoms with Crippen molar-refractivity contribution in [1.29, 1.82) is 0 Å². The summed E-state index contributed by atoms with van der Waals surface area (Å²) < 4.78 is 5.41. The molecule has 61 heavy (non-hydrogen) atoms. The molecule has 358 valence electrons. The van der Waals surface area contributed by atoms with Crippen LogP contribution in [0.5, 0.6) is 0 Å². The number of carbonyl (C=O) groups is 2. The number of unbranched alkanes of at least 4 members (excludes halogenated alkanes) is 34. The van der Waals surface area contributed by atoms with Gasteiger partial charge in [-0.05, 0) is 83.5 Å². The highest BCUT2D eigenvalue weighted by Gasteiger charge is 2.18. The van der Waals surface area contributed by atoms with Gasteiger partial charge in [0.1, 0.15) is 0 Å². The van der Waals surface area contributed by atoms with Crippen LogP contribution in [0.3, 0.4) is 0 Å². The fourth-order valence-corrected chi connectivity index (χ4v) is 7.97. The smallest absolute Gasteiger partial charge is 0.305 e. The van der Waals surface area contributed by atoms with Crippen molar-refractivity contribution >= 4 is 11.9 Å². The second-order valence-electron chi connectivity index (χ2n) is 18.2. The van der Waals surface area contributed by atoms with Gasteiger partial charge in [-0.3, -0.25) is 9.59 Å². The van der Waals surface area contributed by atoms with Gasteiger partial charge in [-0.2, -0.15) is 0 Å². The highest BCUT2D eigenvalue weighted by molar-refractivity contribution is 5.76. The molecule has 0 bridgehead atoms. The maximum absolute atomic E-state index is 12.4. The fourth-order valence-electron chi connectivity index (χ4n) is 7.97. The number of esters is 1. The number of hydrogen-bond donors (Lipinski definition) is 3. The van der Waals surface area contributed by atoms with Crippen LogP contribution >= 0.6 is 0 Å². The van der Waals surface area contributed by atoms with Crippen LogP contribution in [0.1, 0.15) is 277 Å². The van der Waals surface area contributed by atoms with Crippen LogP contribution in [-0.4, -0.2) is 47.4 Å². The topological polar surface area (TPSA) is 95.9 Å². The van der Waals surface area contributed by atoms with Crippen molar-refractivity contribution < 1.29 is 24.5 Å². The normalized spacial score (nSPS) is 12.9. The summed E-state index contributed by atoms with van der Waals surface area (Å²) in [5.41, 5.74) is 0. The molecule has 0 aromatic rings. The third-order valence-corrected chi connectivity index (χ3v) is 12.1. The number of rotatable bonds is 49. The zero-order chi connectivity index (χ0) is 44.4. The van der Waals surface area contributed by atoms with Gasteiger partial charge in [0.15, 0.2) is 0 Å². The van der Waals surface area contributed by atoms with Gasteiger partial charge in [0.05, 0.1) is 25.4 Å². The van der Waals surface area contributed by atoms with E-state index in [2.05, 4.69) is 43.5 Å². The first-order chi connectivity index (χ1) is 30.0. The number of hydrogen-bond acceptors (Lipinski definition) is 5. The summed E-state index contributed by atoms with van der Waals surface area (Å²) in [5.74, 6) is -0.152. The Bertz CT molecular complexity index is 993. The van der Waals surface area contributed by atoms with E-state index in [0.717, 1.165) is 77.0 Å². The standard InChI is InChI=1S/C55H103NO5/c1-3-5-7-9-11-13-15-17-18-19-20-21-22-23-24-25-26-27-31-35-39-43-47-53(58)52(51-57)56-54(59)48-44-40-36-32-29-30-34-38-42-46-50-61-55(60)49-45-41-37-33-28-16-14-12-10-8-6-4-2/h12,14,30,34,43,47,52-53,57-58H,3-11,13,15-29,31-33,35-42,44-46,48-51H2,1-2H3,(H,56,59)/b14-12-,34-30-,47-43+. The maximum atomic E-state index is 12.4. The minimum Gasteiger partial charge on any atom is -0.466 e. The number of aliphatic hydroxyl groups excluding tert-OH is 2. The molecular weight excluding hydrogens is 755 g/mol. The van der Waals surface area contributed by atoms with Crippen LogP contribution in [0, 0.1) is 0 Å². The van der Waals surface area contributed by atoms with Crippen LogP contribution in [0.15, 0.2) is 36.5 Å². The van der Waals surface area contributed by atoms with E-state index in [4.69, 9.17) is 4.74 Å². The highest BCUT2D eigenvalue weighted by atomic mass is 16.5. The SMILES string of the molecule is CCCCC/C=C\CCCCCCCC(=O)OCCCC/C=C\CCCCCCC(=O)NC(CO)C(O)/C=C/CCCCCCCCCCCCCCCCCCCCCC. The van der Waals surface area contributed by atoms with E-state index in [1.165, 1.54) is 173 Å². The van der Waals surface area contributed by atoms with Crippen LogP contribution in [0.25, 0.3) is 0 Å². The summed E-state index contributed by atoms with van der Waals surface area (Å²) in [7, 11) is 0. The summed E-state index contributed by atoms with van der Waals surface area (Å²) in [6.45, 7) is 4.79. The van der Waals surface area contributed by atoms with E-state index >= 15 is 0 Å². The first-order valence-corrected chi connectivity index (χ1v) is 26.8. The van der Waals surface area contributed by atoms with Crippen molar-refractivity contribution in [2.75, 3.05) is 13.2 Å². The molecule has 0 saturated heterocycles. The van der Waals surface area contributed by atoms with E-state index in [-0.39, 0.29) is 18.5 Å². The molecule has 0 aromatic heterocycles. The summed E-state index contributed by atoms with van der Waals surface area (Å²) >= 11 is 0. The van der Waals surface area contributed by atoms with Crippen LogP contribution < -0.4 is 5.32 Å². The molecule has 3 N–H and O–H groups in total. The fraction of sp³-hybridized carbons (Fsp3) is 0.855. The van der Waals surface area contributed by atoms with E-state index in [9.17, 15) is 19.8 Å². The summed E-state index contributed by atoms with van der Waals surface area (Å²) in [5, 5.41) is 23.1. The van der Waals surface area contributed by atoms with E-state index in [1.54, 1.807) is 6.08 Å². The van der Waals surface area contributed by atoms with Gasteiger partial charge in [0, 0.05) is 12.8 Å². The molecule has 0 spiro atoms. The van der Waals surface area contributed by atoms with Crippen LogP contribution in [0.4, 0.5) is 0 Å². The zero-order valence-corrected chi connectivity index (χ0v) is 40.6. The Morgan fingerprint density at radius 1 is 0.443 bits per heavy atom. The zero-order valence-electron chi connectivity index (χ0n) is 40.6. The first kappa shape index (κ1) is 59.1. The molecule has 1 amide bonds. The predicted molar refractivity (Wildman–Crippen MR) is 264 cm³/mol. The molecule has 0 aliphatic carbocycles. The first-order valence-electron chi connectivity index (χ1n) is 26.8. The Hall–Kier alpha value is -1.92. The molecule has 0 aliphatic rings. The average Bonchev–Trinajstić information content (AvgIpc) is 3.26. The Labute approximate surface area is 379 Å². The van der Waals surface area contributed by atoms with Crippen molar-refractivity contribution in [3.63, 3.8) is 0 Å². The lowest BCUT2D eigenvalue weighted by molar-refractivity contribution is -0.143. The number of carbonyl (C=O) groups excluding carboxylic acids is 2. The number of allylic oxidation sites excluding steroid dienone is 5. The van der Waals surface area contributed by atoms with Crippen LogP contribution in [-0.2, 0) is 14.3 Å². The Morgan fingerprint density at radius 3 is 1.20 bits per heavy atom. The Morgan fingerprint density at radius 2 is 0.770 bits per heavy atom. The van der Waals surface area contributed by atoms with Crippen molar-refractivity contribution in [1.82, 2.24) is 5.32 Å². The molecule has 0 saturated carbocycles. The van der Waals surface area contributed by atoms with E-state index in [0.29, 0.717) is 19.4 Å².